The Morgan fingerprint density at radius 3 is 2.36 bits per heavy atom. The molecule has 1 atom stereocenters. The fourth-order valence-electron chi connectivity index (χ4n) is 0.772. The molecule has 0 aliphatic rings. The third-order valence-electron chi connectivity index (χ3n) is 1.43. The minimum absolute atomic E-state index is 0.379. The lowest BCUT2D eigenvalue weighted by Crippen LogP contribution is -1.93. The zero-order valence-corrected chi connectivity index (χ0v) is 6.01. The topological polar surface area (TPSA) is 20.2 Å². The fraction of sp³-hybridized carbons (Fsp3) is 0.250. The Balaban J connectivity index is 3.05. The van der Waals surface area contributed by atoms with Crippen LogP contribution in [0.1, 0.15) is 18.6 Å². The van der Waals surface area contributed by atoms with Crippen molar-refractivity contribution in [3.63, 3.8) is 0 Å². The molecule has 60 valence electrons. The summed E-state index contributed by atoms with van der Waals surface area (Å²) in [6.45, 7) is 1.49. The molecule has 0 saturated carbocycles. The van der Waals surface area contributed by atoms with Crippen molar-refractivity contribution < 1.29 is 13.9 Å². The highest BCUT2D eigenvalue weighted by molar-refractivity contribution is 5.19. The van der Waals surface area contributed by atoms with Crippen LogP contribution in [-0.2, 0) is 0 Å². The molecule has 0 aliphatic carbocycles. The lowest BCUT2D eigenvalue weighted by molar-refractivity contribution is 0.198. The van der Waals surface area contributed by atoms with Crippen LogP contribution in [0.3, 0.4) is 0 Å². The van der Waals surface area contributed by atoms with Gasteiger partial charge in [0.05, 0.1) is 6.10 Å². The lowest BCUT2D eigenvalue weighted by atomic mass is 10.1. The van der Waals surface area contributed by atoms with Crippen LogP contribution in [0.15, 0.2) is 18.2 Å². The highest BCUT2D eigenvalue weighted by Crippen LogP contribution is 2.14. The summed E-state index contributed by atoms with van der Waals surface area (Å²) in [6.07, 6.45) is -0.759. The van der Waals surface area contributed by atoms with Crippen molar-refractivity contribution >= 4 is 0 Å². The van der Waals surface area contributed by atoms with Gasteiger partial charge in [-0.25, -0.2) is 8.78 Å². The molecule has 11 heavy (non-hydrogen) atoms. The van der Waals surface area contributed by atoms with Crippen LogP contribution >= 0.6 is 0 Å². The molecule has 1 aromatic rings. The van der Waals surface area contributed by atoms with Gasteiger partial charge in [0.25, 0.3) is 0 Å². The van der Waals surface area contributed by atoms with Crippen molar-refractivity contribution in [3.05, 3.63) is 35.4 Å². The van der Waals surface area contributed by atoms with E-state index in [9.17, 15) is 8.78 Å². The third-order valence-corrected chi connectivity index (χ3v) is 1.43. The summed E-state index contributed by atoms with van der Waals surface area (Å²) in [4.78, 5) is 0. The first kappa shape index (κ1) is 8.14. The highest BCUT2D eigenvalue weighted by atomic mass is 19.2. The molecule has 1 aromatic carbocycles. The van der Waals surface area contributed by atoms with Gasteiger partial charge in [-0.1, -0.05) is 6.07 Å². The van der Waals surface area contributed by atoms with E-state index in [-0.39, 0.29) is 0 Å². The van der Waals surface area contributed by atoms with Gasteiger partial charge in [-0.15, -0.1) is 0 Å². The van der Waals surface area contributed by atoms with Crippen molar-refractivity contribution in [1.29, 1.82) is 0 Å². The van der Waals surface area contributed by atoms with E-state index in [0.29, 0.717) is 5.56 Å². The average molecular weight is 158 g/mol. The summed E-state index contributed by atoms with van der Waals surface area (Å²) in [5, 5.41) is 8.95. The van der Waals surface area contributed by atoms with E-state index in [1.165, 1.54) is 13.0 Å². The first-order valence-corrected chi connectivity index (χ1v) is 3.24. The number of rotatable bonds is 1. The monoisotopic (exact) mass is 158 g/mol. The molecule has 0 aromatic heterocycles. The second-order valence-electron chi connectivity index (χ2n) is 2.35. The molecule has 1 rings (SSSR count). The van der Waals surface area contributed by atoms with Crippen LogP contribution in [0.5, 0.6) is 0 Å². The number of halogens is 2. The largest absolute Gasteiger partial charge is 0.389 e. The molecule has 0 saturated heterocycles. The highest BCUT2D eigenvalue weighted by Gasteiger charge is 2.05. The Morgan fingerprint density at radius 1 is 1.27 bits per heavy atom. The lowest BCUT2D eigenvalue weighted by Gasteiger charge is -2.03. The Labute approximate surface area is 63.3 Å². The summed E-state index contributed by atoms with van der Waals surface area (Å²) in [5.41, 5.74) is 0.379. The Hall–Kier alpha value is -0.960. The molecule has 1 unspecified atom stereocenters. The number of hydrogen-bond acceptors (Lipinski definition) is 1. The standard InChI is InChI=1S/C8H8F2O/c1-5(11)6-2-3-7(9)8(10)4-6/h2-5,11H,1H3. The average Bonchev–Trinajstić information content (AvgIpc) is 1.94. The van der Waals surface area contributed by atoms with Gasteiger partial charge in [-0.2, -0.15) is 0 Å². The summed E-state index contributed by atoms with van der Waals surface area (Å²) in [6, 6.07) is 3.33. The molecule has 3 heteroatoms. The van der Waals surface area contributed by atoms with Crippen molar-refractivity contribution in [2.75, 3.05) is 0 Å². The molecular weight excluding hydrogens is 150 g/mol. The van der Waals surface area contributed by atoms with E-state index in [1.54, 1.807) is 0 Å². The van der Waals surface area contributed by atoms with E-state index in [2.05, 4.69) is 0 Å². The summed E-state index contributed by atoms with van der Waals surface area (Å²) < 4.78 is 24.8. The Kier molecular flexibility index (Phi) is 2.19. The number of aliphatic hydroxyl groups excluding tert-OH is 1. The zero-order valence-electron chi connectivity index (χ0n) is 6.01. The van der Waals surface area contributed by atoms with E-state index in [4.69, 9.17) is 5.11 Å². The van der Waals surface area contributed by atoms with Crippen LogP contribution in [0.2, 0.25) is 0 Å². The van der Waals surface area contributed by atoms with Crippen molar-refractivity contribution in [3.8, 4) is 0 Å². The van der Waals surface area contributed by atoms with Gasteiger partial charge in [-0.05, 0) is 24.6 Å². The van der Waals surface area contributed by atoms with Crippen molar-refractivity contribution in [2.45, 2.75) is 13.0 Å². The molecular formula is C8H8F2O. The number of hydrogen-bond donors (Lipinski definition) is 1. The third kappa shape index (κ3) is 1.74. The molecule has 0 heterocycles. The van der Waals surface area contributed by atoms with Crippen LogP contribution < -0.4 is 0 Å². The van der Waals surface area contributed by atoms with E-state index in [0.717, 1.165) is 12.1 Å². The maximum atomic E-state index is 12.5. The summed E-state index contributed by atoms with van der Waals surface area (Å²) in [7, 11) is 0. The molecule has 0 spiro atoms. The SMILES string of the molecule is CC(O)c1ccc(F)c(F)c1. The predicted octanol–water partition coefficient (Wildman–Crippen LogP) is 2.02. The van der Waals surface area contributed by atoms with Gasteiger partial charge in [0, 0.05) is 0 Å². The number of aliphatic hydroxyl groups is 1. The van der Waals surface area contributed by atoms with Crippen LogP contribution in [-0.4, -0.2) is 5.11 Å². The first-order valence-electron chi connectivity index (χ1n) is 3.24. The van der Waals surface area contributed by atoms with Gasteiger partial charge in [0.15, 0.2) is 11.6 Å². The quantitative estimate of drug-likeness (QED) is 0.662. The molecule has 0 fully saturated rings. The smallest absolute Gasteiger partial charge is 0.159 e. The van der Waals surface area contributed by atoms with Gasteiger partial charge in [0.2, 0.25) is 0 Å². The molecule has 0 bridgehead atoms. The normalized spacial score (nSPS) is 13.1. The first-order chi connectivity index (χ1) is 5.11. The zero-order chi connectivity index (χ0) is 8.43. The summed E-state index contributed by atoms with van der Waals surface area (Å²) >= 11 is 0. The van der Waals surface area contributed by atoms with Gasteiger partial charge in [-0.3, -0.25) is 0 Å². The van der Waals surface area contributed by atoms with Gasteiger partial charge >= 0.3 is 0 Å². The maximum absolute atomic E-state index is 12.5. The van der Waals surface area contributed by atoms with E-state index >= 15 is 0 Å². The van der Waals surface area contributed by atoms with Crippen molar-refractivity contribution in [1.82, 2.24) is 0 Å². The minimum Gasteiger partial charge on any atom is -0.389 e. The molecule has 0 radical (unpaired) electrons. The van der Waals surface area contributed by atoms with Crippen LogP contribution in [0.4, 0.5) is 8.78 Å². The molecule has 1 nitrogen and oxygen atoms in total. The minimum atomic E-state index is -0.927. The van der Waals surface area contributed by atoms with Crippen molar-refractivity contribution in [2.24, 2.45) is 0 Å². The number of benzene rings is 1. The summed E-state index contributed by atoms with van der Waals surface area (Å²) in [5.74, 6) is -1.82. The van der Waals surface area contributed by atoms with Crippen LogP contribution in [0, 0.1) is 11.6 Å². The Bertz CT molecular complexity index is 258. The Morgan fingerprint density at radius 2 is 1.91 bits per heavy atom. The van der Waals surface area contributed by atoms with Crippen LogP contribution in [0.25, 0.3) is 0 Å². The fourth-order valence-corrected chi connectivity index (χ4v) is 0.772. The van der Waals surface area contributed by atoms with E-state index < -0.39 is 17.7 Å². The van der Waals surface area contributed by atoms with Gasteiger partial charge < -0.3 is 5.11 Å². The molecule has 1 N–H and O–H groups in total. The second-order valence-corrected chi connectivity index (χ2v) is 2.35. The molecule has 0 amide bonds. The van der Waals surface area contributed by atoms with Gasteiger partial charge in [0.1, 0.15) is 0 Å². The second kappa shape index (κ2) is 2.96. The maximum Gasteiger partial charge on any atom is 0.159 e. The van der Waals surface area contributed by atoms with E-state index in [1.807, 2.05) is 0 Å². The molecule has 0 aliphatic heterocycles. The predicted molar refractivity (Wildman–Crippen MR) is 37.0 cm³/mol.